The molecule has 0 aliphatic rings. The van der Waals surface area contributed by atoms with Gasteiger partial charge in [0.25, 0.3) is 0 Å². The minimum absolute atomic E-state index is 0.790. The van der Waals surface area contributed by atoms with Crippen LogP contribution in [0.15, 0.2) is 43.2 Å². The fourth-order valence-electron chi connectivity index (χ4n) is 2.10. The van der Waals surface area contributed by atoms with E-state index in [2.05, 4.69) is 24.9 Å². The summed E-state index contributed by atoms with van der Waals surface area (Å²) in [5.74, 6) is 0. The van der Waals surface area contributed by atoms with Crippen LogP contribution in [0.3, 0.4) is 0 Å². The maximum atomic E-state index is 4.54. The van der Waals surface area contributed by atoms with E-state index in [4.69, 9.17) is 0 Å². The van der Waals surface area contributed by atoms with Crippen molar-refractivity contribution in [3.8, 4) is 0 Å². The van der Waals surface area contributed by atoms with Gasteiger partial charge in [0.1, 0.15) is 18.2 Å². The van der Waals surface area contributed by atoms with Crippen LogP contribution in [0.5, 0.6) is 0 Å². The quantitative estimate of drug-likeness (QED) is 0.344. The normalized spacial score (nSPS) is 11.3. The summed E-state index contributed by atoms with van der Waals surface area (Å²) in [5.41, 5.74) is 3.40. The molecule has 5 heteroatoms. The predicted octanol–water partition coefficient (Wildman–Crippen LogP) is 2.12. The fourth-order valence-corrected chi connectivity index (χ4v) is 2.10. The van der Waals surface area contributed by atoms with E-state index in [0.717, 1.165) is 32.8 Å². The standard InChI is InChI=1S/C13H7N5/c1-2-10-9(13-8(1)4-14-7-17-13)3-11-12(18-10)5-15-6-16-11/h1-7H. The fraction of sp³-hybridized carbons (Fsp3) is 0. The van der Waals surface area contributed by atoms with E-state index < -0.39 is 0 Å². The highest BCUT2D eigenvalue weighted by atomic mass is 14.9. The molecule has 84 valence electrons. The van der Waals surface area contributed by atoms with Gasteiger partial charge in [-0.15, -0.1) is 0 Å². The van der Waals surface area contributed by atoms with Crippen LogP contribution in [0.1, 0.15) is 0 Å². The van der Waals surface area contributed by atoms with Crippen LogP contribution in [-0.4, -0.2) is 24.9 Å². The van der Waals surface area contributed by atoms with E-state index in [1.54, 1.807) is 18.7 Å². The van der Waals surface area contributed by atoms with E-state index >= 15 is 0 Å². The topological polar surface area (TPSA) is 64.5 Å². The number of hydrogen-bond donors (Lipinski definition) is 0. The van der Waals surface area contributed by atoms with E-state index in [1.165, 1.54) is 6.33 Å². The van der Waals surface area contributed by atoms with Crippen molar-refractivity contribution in [1.82, 2.24) is 24.9 Å². The molecule has 3 heterocycles. The predicted molar refractivity (Wildman–Crippen MR) is 67.9 cm³/mol. The summed E-state index contributed by atoms with van der Waals surface area (Å²) in [6, 6.07) is 5.93. The molecule has 4 rings (SSSR count). The minimum atomic E-state index is 0.790. The van der Waals surface area contributed by atoms with Gasteiger partial charge in [0.2, 0.25) is 0 Å². The van der Waals surface area contributed by atoms with Crippen molar-refractivity contribution >= 4 is 32.8 Å². The molecule has 3 aromatic heterocycles. The number of rotatable bonds is 0. The van der Waals surface area contributed by atoms with Crippen LogP contribution in [0, 0.1) is 0 Å². The van der Waals surface area contributed by atoms with Crippen LogP contribution in [0.4, 0.5) is 0 Å². The van der Waals surface area contributed by atoms with Crippen molar-refractivity contribution < 1.29 is 0 Å². The Kier molecular flexibility index (Phi) is 1.77. The highest BCUT2D eigenvalue weighted by Crippen LogP contribution is 2.24. The van der Waals surface area contributed by atoms with Crippen molar-refractivity contribution in [2.45, 2.75) is 0 Å². The Bertz CT molecular complexity index is 882. The van der Waals surface area contributed by atoms with E-state index in [9.17, 15) is 0 Å². The van der Waals surface area contributed by atoms with Crippen LogP contribution in [0.2, 0.25) is 0 Å². The molecule has 0 atom stereocenters. The van der Waals surface area contributed by atoms with Crippen LogP contribution in [-0.2, 0) is 0 Å². The summed E-state index contributed by atoms with van der Waals surface area (Å²) in [7, 11) is 0. The highest BCUT2D eigenvalue weighted by molar-refractivity contribution is 6.06. The van der Waals surface area contributed by atoms with Gasteiger partial charge in [0.15, 0.2) is 0 Å². The molecule has 0 bridgehead atoms. The molecule has 1 aromatic carbocycles. The summed E-state index contributed by atoms with van der Waals surface area (Å²) in [6.07, 6.45) is 6.58. The molecule has 0 unspecified atom stereocenters. The number of hydrogen-bond acceptors (Lipinski definition) is 5. The minimum Gasteiger partial charge on any atom is -0.244 e. The lowest BCUT2D eigenvalue weighted by atomic mass is 10.1. The molecule has 0 saturated heterocycles. The molecule has 0 fully saturated rings. The number of aromatic nitrogens is 5. The molecule has 5 nitrogen and oxygen atoms in total. The summed E-state index contributed by atoms with van der Waals surface area (Å²) in [6.45, 7) is 0. The largest absolute Gasteiger partial charge is 0.244 e. The van der Waals surface area contributed by atoms with Gasteiger partial charge in [-0.2, -0.15) is 0 Å². The first kappa shape index (κ1) is 9.35. The first-order valence-electron chi connectivity index (χ1n) is 5.51. The Labute approximate surface area is 102 Å². The average Bonchev–Trinajstić information content (AvgIpc) is 2.45. The van der Waals surface area contributed by atoms with Gasteiger partial charge >= 0.3 is 0 Å². The Hall–Kier alpha value is -2.69. The first-order chi connectivity index (χ1) is 8.92. The van der Waals surface area contributed by atoms with Gasteiger partial charge in [-0.1, -0.05) is 0 Å². The van der Waals surface area contributed by atoms with Crippen molar-refractivity contribution in [2.75, 3.05) is 0 Å². The van der Waals surface area contributed by atoms with Crippen LogP contribution in [0.25, 0.3) is 32.8 Å². The summed E-state index contributed by atoms with van der Waals surface area (Å²) in [5, 5.41) is 1.99. The maximum Gasteiger partial charge on any atom is 0.116 e. The zero-order chi connectivity index (χ0) is 11.9. The van der Waals surface area contributed by atoms with Crippen molar-refractivity contribution in [3.63, 3.8) is 0 Å². The van der Waals surface area contributed by atoms with Gasteiger partial charge in [-0.25, -0.2) is 24.9 Å². The number of nitrogens with zero attached hydrogens (tertiary/aromatic N) is 5. The van der Waals surface area contributed by atoms with Crippen molar-refractivity contribution in [3.05, 3.63) is 43.2 Å². The summed E-state index contributed by atoms with van der Waals surface area (Å²) < 4.78 is 0. The second kappa shape index (κ2) is 3.40. The average molecular weight is 233 g/mol. The SMILES string of the molecule is c1ncc2nc3ccc4cncnc4c3cc2n1. The number of pyridine rings is 1. The molecule has 0 aliphatic heterocycles. The Balaban J connectivity index is 2.27. The highest BCUT2D eigenvalue weighted by Gasteiger charge is 2.05. The second-order valence-electron chi connectivity index (χ2n) is 4.01. The molecule has 0 aliphatic carbocycles. The number of fused-ring (bicyclic) bond motifs is 4. The Morgan fingerprint density at radius 3 is 2.67 bits per heavy atom. The van der Waals surface area contributed by atoms with E-state index in [1.807, 2.05) is 18.2 Å². The third-order valence-corrected chi connectivity index (χ3v) is 2.94. The van der Waals surface area contributed by atoms with Crippen LogP contribution < -0.4 is 0 Å². The van der Waals surface area contributed by atoms with Crippen molar-refractivity contribution in [1.29, 1.82) is 0 Å². The van der Waals surface area contributed by atoms with Gasteiger partial charge in [0, 0.05) is 17.0 Å². The monoisotopic (exact) mass is 233 g/mol. The molecule has 4 aromatic rings. The zero-order valence-corrected chi connectivity index (χ0v) is 9.28. The maximum absolute atomic E-state index is 4.54. The van der Waals surface area contributed by atoms with Gasteiger partial charge < -0.3 is 0 Å². The van der Waals surface area contributed by atoms with Gasteiger partial charge in [-0.05, 0) is 18.2 Å². The van der Waals surface area contributed by atoms with Crippen molar-refractivity contribution in [2.24, 2.45) is 0 Å². The lowest BCUT2D eigenvalue weighted by molar-refractivity contribution is 1.20. The smallest absolute Gasteiger partial charge is 0.116 e. The lowest BCUT2D eigenvalue weighted by Gasteiger charge is -2.03. The zero-order valence-electron chi connectivity index (χ0n) is 9.28. The molecular formula is C13H7N5. The van der Waals surface area contributed by atoms with E-state index in [-0.39, 0.29) is 0 Å². The third-order valence-electron chi connectivity index (χ3n) is 2.94. The molecule has 0 N–H and O–H groups in total. The first-order valence-corrected chi connectivity index (χ1v) is 5.51. The molecule has 0 amide bonds. The number of benzene rings is 1. The summed E-state index contributed by atoms with van der Waals surface area (Å²) in [4.78, 5) is 21.1. The van der Waals surface area contributed by atoms with Gasteiger partial charge in [-0.3, -0.25) is 0 Å². The molecule has 0 saturated carbocycles. The van der Waals surface area contributed by atoms with Gasteiger partial charge in [0.05, 0.1) is 22.7 Å². The summed E-state index contributed by atoms with van der Waals surface area (Å²) >= 11 is 0. The lowest BCUT2D eigenvalue weighted by Crippen LogP contribution is -1.89. The van der Waals surface area contributed by atoms with Crippen LogP contribution >= 0.6 is 0 Å². The Morgan fingerprint density at radius 2 is 1.67 bits per heavy atom. The second-order valence-corrected chi connectivity index (χ2v) is 4.01. The Morgan fingerprint density at radius 1 is 0.778 bits per heavy atom. The molecule has 0 radical (unpaired) electrons. The molecule has 18 heavy (non-hydrogen) atoms. The third kappa shape index (κ3) is 1.24. The molecular weight excluding hydrogens is 226 g/mol. The molecule has 0 spiro atoms. The van der Waals surface area contributed by atoms with E-state index in [0.29, 0.717) is 0 Å².